The van der Waals surface area contributed by atoms with Crippen LogP contribution < -0.4 is 14.8 Å². The van der Waals surface area contributed by atoms with Gasteiger partial charge < -0.3 is 19.7 Å². The summed E-state index contributed by atoms with van der Waals surface area (Å²) in [7, 11) is 5.55. The number of hydrogen-bond acceptors (Lipinski definition) is 4. The summed E-state index contributed by atoms with van der Waals surface area (Å²) >= 11 is 0. The van der Waals surface area contributed by atoms with E-state index in [-0.39, 0.29) is 0 Å². The first-order chi connectivity index (χ1) is 9.21. The third-order valence-corrected chi connectivity index (χ3v) is 3.67. The first kappa shape index (κ1) is 14.0. The van der Waals surface area contributed by atoms with Gasteiger partial charge in [-0.25, -0.2) is 0 Å². The van der Waals surface area contributed by atoms with Crippen LogP contribution in [-0.4, -0.2) is 45.8 Å². The molecular formula is C15H24N2O2. The Bertz CT molecular complexity index is 387. The quantitative estimate of drug-likeness (QED) is 0.886. The minimum absolute atomic E-state index is 0.718. The zero-order valence-corrected chi connectivity index (χ0v) is 12.1. The molecule has 19 heavy (non-hydrogen) atoms. The predicted octanol–water partition coefficient (Wildman–Crippen LogP) is 2.46. The molecule has 0 amide bonds. The number of likely N-dealkylation sites (tertiary alicyclic amines) is 1. The topological polar surface area (TPSA) is 33.7 Å². The molecule has 106 valence electrons. The van der Waals surface area contributed by atoms with Gasteiger partial charge in [0.05, 0.1) is 14.2 Å². The molecule has 1 aromatic rings. The van der Waals surface area contributed by atoms with Crippen molar-refractivity contribution in [3.8, 4) is 11.5 Å². The lowest BCUT2D eigenvalue weighted by atomic mass is 9.98. The van der Waals surface area contributed by atoms with Crippen molar-refractivity contribution in [2.45, 2.75) is 12.8 Å². The molecule has 0 spiro atoms. The smallest absolute Gasteiger partial charge is 0.124 e. The van der Waals surface area contributed by atoms with Crippen LogP contribution in [0.1, 0.15) is 12.8 Å². The Kier molecular flexibility index (Phi) is 4.91. The van der Waals surface area contributed by atoms with Crippen molar-refractivity contribution in [2.75, 3.05) is 46.2 Å². The number of nitrogens with one attached hydrogen (secondary N) is 1. The number of piperidine rings is 1. The number of anilines is 1. The van der Waals surface area contributed by atoms with Crippen molar-refractivity contribution in [3.05, 3.63) is 18.2 Å². The van der Waals surface area contributed by atoms with E-state index < -0.39 is 0 Å². The van der Waals surface area contributed by atoms with E-state index in [0.717, 1.165) is 29.6 Å². The van der Waals surface area contributed by atoms with Gasteiger partial charge in [0.1, 0.15) is 11.5 Å². The van der Waals surface area contributed by atoms with Crippen molar-refractivity contribution in [1.82, 2.24) is 4.90 Å². The van der Waals surface area contributed by atoms with Gasteiger partial charge in [-0.1, -0.05) is 0 Å². The fourth-order valence-corrected chi connectivity index (χ4v) is 2.61. The molecule has 0 aromatic heterocycles. The minimum Gasteiger partial charge on any atom is -0.497 e. The first-order valence-corrected chi connectivity index (χ1v) is 6.86. The molecule has 4 nitrogen and oxygen atoms in total. The molecular weight excluding hydrogens is 240 g/mol. The normalized spacial score (nSPS) is 20.1. The Labute approximate surface area is 115 Å². The van der Waals surface area contributed by atoms with Crippen molar-refractivity contribution >= 4 is 5.69 Å². The highest BCUT2D eigenvalue weighted by Gasteiger charge is 2.16. The van der Waals surface area contributed by atoms with E-state index >= 15 is 0 Å². The lowest BCUT2D eigenvalue weighted by molar-refractivity contribution is 0.217. The summed E-state index contributed by atoms with van der Waals surface area (Å²) in [4.78, 5) is 2.40. The van der Waals surface area contributed by atoms with Gasteiger partial charge in [0.2, 0.25) is 0 Å². The van der Waals surface area contributed by atoms with Crippen LogP contribution in [0.5, 0.6) is 11.5 Å². The van der Waals surface area contributed by atoms with E-state index in [2.05, 4.69) is 17.3 Å². The van der Waals surface area contributed by atoms with E-state index in [0.29, 0.717) is 0 Å². The van der Waals surface area contributed by atoms with Crippen LogP contribution >= 0.6 is 0 Å². The monoisotopic (exact) mass is 264 g/mol. The van der Waals surface area contributed by atoms with Gasteiger partial charge in [0.15, 0.2) is 0 Å². The van der Waals surface area contributed by atoms with Gasteiger partial charge in [0, 0.05) is 37.0 Å². The van der Waals surface area contributed by atoms with Crippen LogP contribution in [-0.2, 0) is 0 Å². The molecule has 1 saturated heterocycles. The highest BCUT2D eigenvalue weighted by Crippen LogP contribution is 2.26. The molecule has 1 aliphatic rings. The highest BCUT2D eigenvalue weighted by atomic mass is 16.5. The summed E-state index contributed by atoms with van der Waals surface area (Å²) in [5, 5.41) is 3.50. The van der Waals surface area contributed by atoms with Crippen molar-refractivity contribution < 1.29 is 9.47 Å². The molecule has 1 aromatic carbocycles. The minimum atomic E-state index is 0.718. The molecule has 1 unspecified atom stereocenters. The van der Waals surface area contributed by atoms with Crippen molar-refractivity contribution in [1.29, 1.82) is 0 Å². The summed E-state index contributed by atoms with van der Waals surface area (Å²) in [5.41, 5.74) is 1.06. The summed E-state index contributed by atoms with van der Waals surface area (Å²) in [6.45, 7) is 3.40. The SMILES string of the molecule is COc1cc(NCC2CCCN(C)C2)cc(OC)c1. The van der Waals surface area contributed by atoms with E-state index in [9.17, 15) is 0 Å². The fraction of sp³-hybridized carbons (Fsp3) is 0.600. The third kappa shape index (κ3) is 4.03. The molecule has 1 N–H and O–H groups in total. The first-order valence-electron chi connectivity index (χ1n) is 6.86. The van der Waals surface area contributed by atoms with Gasteiger partial charge in [0.25, 0.3) is 0 Å². The Hall–Kier alpha value is -1.42. The van der Waals surface area contributed by atoms with E-state index in [1.165, 1.54) is 25.9 Å². The number of hydrogen-bond donors (Lipinski definition) is 1. The zero-order chi connectivity index (χ0) is 13.7. The molecule has 1 atom stereocenters. The van der Waals surface area contributed by atoms with Crippen molar-refractivity contribution in [2.24, 2.45) is 5.92 Å². The molecule has 1 heterocycles. The van der Waals surface area contributed by atoms with Crippen LogP contribution in [0.25, 0.3) is 0 Å². The molecule has 0 bridgehead atoms. The second kappa shape index (κ2) is 6.66. The molecule has 0 radical (unpaired) electrons. The Morgan fingerprint density at radius 2 is 1.89 bits per heavy atom. The van der Waals surface area contributed by atoms with Crippen LogP contribution in [0.4, 0.5) is 5.69 Å². The summed E-state index contributed by atoms with van der Waals surface area (Å²) in [6, 6.07) is 5.91. The average Bonchev–Trinajstić information content (AvgIpc) is 2.44. The maximum Gasteiger partial charge on any atom is 0.124 e. The third-order valence-electron chi connectivity index (χ3n) is 3.67. The fourth-order valence-electron chi connectivity index (χ4n) is 2.61. The predicted molar refractivity (Wildman–Crippen MR) is 78.3 cm³/mol. The zero-order valence-electron chi connectivity index (χ0n) is 12.1. The molecule has 0 aliphatic carbocycles. The number of benzene rings is 1. The molecule has 4 heteroatoms. The number of rotatable bonds is 5. The summed E-state index contributed by atoms with van der Waals surface area (Å²) in [6.07, 6.45) is 2.60. The standard InChI is InChI=1S/C15H24N2O2/c1-17-6-4-5-12(11-17)10-16-13-7-14(18-2)9-15(8-13)19-3/h7-9,12,16H,4-6,10-11H2,1-3H3. The number of nitrogens with zero attached hydrogens (tertiary/aromatic N) is 1. The van der Waals surface area contributed by atoms with Gasteiger partial charge in [-0.3, -0.25) is 0 Å². The number of methoxy groups -OCH3 is 2. The lowest BCUT2D eigenvalue weighted by Crippen LogP contribution is -2.35. The Balaban J connectivity index is 1.94. The summed E-state index contributed by atoms with van der Waals surface area (Å²) in [5.74, 6) is 2.36. The largest absolute Gasteiger partial charge is 0.497 e. The number of ether oxygens (including phenoxy) is 2. The van der Waals surface area contributed by atoms with Crippen LogP contribution in [0, 0.1) is 5.92 Å². The Morgan fingerprint density at radius 3 is 2.47 bits per heavy atom. The van der Waals surface area contributed by atoms with Crippen LogP contribution in [0.3, 0.4) is 0 Å². The maximum absolute atomic E-state index is 5.28. The summed E-state index contributed by atoms with van der Waals surface area (Å²) < 4.78 is 10.6. The average molecular weight is 264 g/mol. The molecule has 2 rings (SSSR count). The second-order valence-electron chi connectivity index (χ2n) is 5.25. The molecule has 0 saturated carbocycles. The molecule has 1 aliphatic heterocycles. The molecule has 1 fully saturated rings. The van der Waals surface area contributed by atoms with Gasteiger partial charge in [-0.05, 0) is 32.4 Å². The van der Waals surface area contributed by atoms with Crippen LogP contribution in [0.15, 0.2) is 18.2 Å². The maximum atomic E-state index is 5.28. The highest BCUT2D eigenvalue weighted by molar-refractivity contribution is 5.53. The van der Waals surface area contributed by atoms with Gasteiger partial charge >= 0.3 is 0 Å². The lowest BCUT2D eigenvalue weighted by Gasteiger charge is -2.30. The Morgan fingerprint density at radius 1 is 1.21 bits per heavy atom. The van der Waals surface area contributed by atoms with Gasteiger partial charge in [-0.15, -0.1) is 0 Å². The van der Waals surface area contributed by atoms with E-state index in [1.54, 1.807) is 14.2 Å². The van der Waals surface area contributed by atoms with E-state index in [1.807, 2.05) is 18.2 Å². The second-order valence-corrected chi connectivity index (χ2v) is 5.25. The van der Waals surface area contributed by atoms with Crippen LogP contribution in [0.2, 0.25) is 0 Å². The van der Waals surface area contributed by atoms with E-state index in [4.69, 9.17) is 9.47 Å². The van der Waals surface area contributed by atoms with Gasteiger partial charge in [-0.2, -0.15) is 0 Å². The van der Waals surface area contributed by atoms with Crippen molar-refractivity contribution in [3.63, 3.8) is 0 Å².